The van der Waals surface area contributed by atoms with Crippen LogP contribution in [-0.2, 0) is 16.0 Å². The maximum atomic E-state index is 12.3. The fraction of sp³-hybridized carbons (Fsp3) is 0.571. The van der Waals surface area contributed by atoms with Gasteiger partial charge in [-0.15, -0.1) is 0 Å². The van der Waals surface area contributed by atoms with Crippen molar-refractivity contribution in [2.75, 3.05) is 18.0 Å². The molecule has 0 unspecified atom stereocenters. The molecule has 1 heterocycles. The highest BCUT2D eigenvalue weighted by molar-refractivity contribution is 5.99. The quantitative estimate of drug-likeness (QED) is 0.826. The Kier molecular flexibility index (Phi) is 5.14. The van der Waals surface area contributed by atoms with Crippen molar-refractivity contribution in [2.24, 2.45) is 5.92 Å². The van der Waals surface area contributed by atoms with Crippen molar-refractivity contribution in [1.82, 2.24) is 5.32 Å². The van der Waals surface area contributed by atoms with Crippen molar-refractivity contribution in [3.63, 3.8) is 0 Å². The first-order chi connectivity index (χ1) is 13.1. The molecule has 144 valence electrons. The van der Waals surface area contributed by atoms with Crippen LogP contribution in [-0.4, -0.2) is 37.0 Å². The lowest BCUT2D eigenvalue weighted by Crippen LogP contribution is -2.37. The number of ketones is 1. The lowest BCUT2D eigenvalue weighted by atomic mass is 10.0. The molecule has 0 radical (unpaired) electrons. The molecular formula is C21H26N2O4. The third-order valence-corrected chi connectivity index (χ3v) is 5.90. The molecule has 1 aromatic rings. The van der Waals surface area contributed by atoms with Gasteiger partial charge in [-0.05, 0) is 55.9 Å². The number of cyclic esters (lactones) is 1. The summed E-state index contributed by atoms with van der Waals surface area (Å²) in [6, 6.07) is 5.60. The van der Waals surface area contributed by atoms with Crippen LogP contribution in [0, 0.1) is 5.92 Å². The van der Waals surface area contributed by atoms with Crippen LogP contribution in [0.5, 0.6) is 0 Å². The van der Waals surface area contributed by atoms with E-state index in [4.69, 9.17) is 4.74 Å². The molecular weight excluding hydrogens is 344 g/mol. The first-order valence-electron chi connectivity index (χ1n) is 10.0. The van der Waals surface area contributed by atoms with Gasteiger partial charge in [-0.2, -0.15) is 0 Å². The highest BCUT2D eigenvalue weighted by Gasteiger charge is 2.33. The number of benzene rings is 1. The monoisotopic (exact) mass is 370 g/mol. The zero-order chi connectivity index (χ0) is 18.8. The van der Waals surface area contributed by atoms with E-state index in [1.807, 2.05) is 18.2 Å². The van der Waals surface area contributed by atoms with Gasteiger partial charge in [-0.25, -0.2) is 4.79 Å². The number of nitrogens with one attached hydrogen (secondary N) is 1. The van der Waals surface area contributed by atoms with Crippen molar-refractivity contribution in [3.8, 4) is 0 Å². The standard InChI is InChI=1S/C21H26N2O4/c24-19-8-4-3-7-15-11-16(9-10-18(15)19)23-13-17(27-21(23)26)12-22-20(25)14-5-1-2-6-14/h9-11,14,17H,1-8,12-13H2,(H,22,25)/t17-/m0/s1. The molecule has 1 saturated heterocycles. The topological polar surface area (TPSA) is 75.7 Å². The van der Waals surface area contributed by atoms with E-state index in [-0.39, 0.29) is 23.7 Å². The zero-order valence-corrected chi connectivity index (χ0v) is 15.5. The molecule has 1 aliphatic heterocycles. The maximum absolute atomic E-state index is 12.3. The Morgan fingerprint density at radius 2 is 1.89 bits per heavy atom. The molecule has 2 fully saturated rings. The van der Waals surface area contributed by atoms with Crippen LogP contribution in [0.2, 0.25) is 0 Å². The molecule has 2 aliphatic carbocycles. The van der Waals surface area contributed by atoms with Crippen LogP contribution in [0.15, 0.2) is 18.2 Å². The normalized spacial score (nSPS) is 23.1. The fourth-order valence-corrected chi connectivity index (χ4v) is 4.35. The molecule has 0 spiro atoms. The first-order valence-corrected chi connectivity index (χ1v) is 10.0. The predicted molar refractivity (Wildman–Crippen MR) is 101 cm³/mol. The number of amides is 2. The molecule has 6 nitrogen and oxygen atoms in total. The lowest BCUT2D eigenvalue weighted by Gasteiger charge is -2.16. The Bertz CT molecular complexity index is 755. The molecule has 0 bridgehead atoms. The molecule has 4 rings (SSSR count). The van der Waals surface area contributed by atoms with E-state index in [2.05, 4.69) is 5.32 Å². The number of Topliss-reactive ketones (excluding diaryl/α,β-unsaturated/α-hetero) is 1. The zero-order valence-electron chi connectivity index (χ0n) is 15.5. The number of carbonyl (C=O) groups excluding carboxylic acids is 3. The molecule has 1 N–H and O–H groups in total. The summed E-state index contributed by atoms with van der Waals surface area (Å²) in [5.41, 5.74) is 2.56. The summed E-state index contributed by atoms with van der Waals surface area (Å²) in [6.07, 6.45) is 6.76. The van der Waals surface area contributed by atoms with Crippen LogP contribution < -0.4 is 10.2 Å². The second-order valence-corrected chi connectivity index (χ2v) is 7.81. The molecule has 1 atom stereocenters. The minimum Gasteiger partial charge on any atom is -0.442 e. The number of aryl methyl sites for hydroxylation is 1. The summed E-state index contributed by atoms with van der Waals surface area (Å²) in [5, 5.41) is 2.94. The van der Waals surface area contributed by atoms with E-state index in [9.17, 15) is 14.4 Å². The SMILES string of the molecule is O=C1CCCCc2cc(N3C[C@H](CNC(=O)C4CCCC4)OC3=O)ccc21. The van der Waals surface area contributed by atoms with Crippen LogP contribution >= 0.6 is 0 Å². The number of nitrogens with zero attached hydrogens (tertiary/aromatic N) is 1. The molecule has 2 amide bonds. The van der Waals surface area contributed by atoms with Crippen molar-refractivity contribution in [1.29, 1.82) is 0 Å². The summed E-state index contributed by atoms with van der Waals surface area (Å²) in [5.74, 6) is 0.372. The molecule has 3 aliphatic rings. The number of hydrogen-bond acceptors (Lipinski definition) is 4. The van der Waals surface area contributed by atoms with Gasteiger partial charge >= 0.3 is 6.09 Å². The Morgan fingerprint density at radius 1 is 1.11 bits per heavy atom. The number of anilines is 1. The summed E-state index contributed by atoms with van der Waals surface area (Å²) in [4.78, 5) is 38.2. The average Bonchev–Trinajstić information content (AvgIpc) is 3.29. The molecule has 1 saturated carbocycles. The van der Waals surface area contributed by atoms with Gasteiger partial charge in [0, 0.05) is 23.6 Å². The molecule has 1 aromatic carbocycles. The third kappa shape index (κ3) is 3.84. The van der Waals surface area contributed by atoms with Gasteiger partial charge in [0.25, 0.3) is 0 Å². The van der Waals surface area contributed by atoms with Gasteiger partial charge in [0.1, 0.15) is 6.10 Å². The molecule has 6 heteroatoms. The predicted octanol–water partition coefficient (Wildman–Crippen LogP) is 3.23. The van der Waals surface area contributed by atoms with E-state index in [0.29, 0.717) is 19.5 Å². The van der Waals surface area contributed by atoms with Crippen LogP contribution in [0.4, 0.5) is 10.5 Å². The Balaban J connectivity index is 1.39. The van der Waals surface area contributed by atoms with E-state index in [1.165, 1.54) is 0 Å². The van der Waals surface area contributed by atoms with Gasteiger partial charge in [-0.1, -0.05) is 12.8 Å². The van der Waals surface area contributed by atoms with Crippen molar-refractivity contribution >= 4 is 23.5 Å². The Morgan fingerprint density at radius 3 is 2.70 bits per heavy atom. The number of ether oxygens (including phenoxy) is 1. The Labute approximate surface area is 159 Å². The number of carbonyl (C=O) groups is 3. The molecule has 0 aromatic heterocycles. The second kappa shape index (κ2) is 7.71. The number of fused-ring (bicyclic) bond motifs is 1. The third-order valence-electron chi connectivity index (χ3n) is 5.90. The average molecular weight is 370 g/mol. The van der Waals surface area contributed by atoms with E-state index < -0.39 is 6.09 Å². The van der Waals surface area contributed by atoms with Crippen LogP contribution in [0.25, 0.3) is 0 Å². The minimum atomic E-state index is -0.394. The number of hydrogen-bond donors (Lipinski definition) is 1. The smallest absolute Gasteiger partial charge is 0.414 e. The summed E-state index contributed by atoms with van der Waals surface area (Å²) >= 11 is 0. The van der Waals surface area contributed by atoms with Gasteiger partial charge in [-0.3, -0.25) is 14.5 Å². The van der Waals surface area contributed by atoms with E-state index in [1.54, 1.807) is 4.90 Å². The van der Waals surface area contributed by atoms with Crippen molar-refractivity contribution < 1.29 is 19.1 Å². The fourth-order valence-electron chi connectivity index (χ4n) is 4.35. The van der Waals surface area contributed by atoms with Gasteiger partial charge in [0.05, 0.1) is 13.1 Å². The highest BCUT2D eigenvalue weighted by atomic mass is 16.6. The second-order valence-electron chi connectivity index (χ2n) is 7.81. The van der Waals surface area contributed by atoms with E-state index in [0.717, 1.165) is 61.8 Å². The summed E-state index contributed by atoms with van der Waals surface area (Å²) in [7, 11) is 0. The Hall–Kier alpha value is -2.37. The van der Waals surface area contributed by atoms with Gasteiger partial charge in [0.2, 0.25) is 5.91 Å². The van der Waals surface area contributed by atoms with E-state index >= 15 is 0 Å². The molecule has 27 heavy (non-hydrogen) atoms. The maximum Gasteiger partial charge on any atom is 0.414 e. The number of rotatable bonds is 4. The van der Waals surface area contributed by atoms with Crippen molar-refractivity contribution in [2.45, 2.75) is 57.5 Å². The van der Waals surface area contributed by atoms with Crippen LogP contribution in [0.3, 0.4) is 0 Å². The van der Waals surface area contributed by atoms with Gasteiger partial charge in [0.15, 0.2) is 5.78 Å². The largest absolute Gasteiger partial charge is 0.442 e. The van der Waals surface area contributed by atoms with Gasteiger partial charge < -0.3 is 10.1 Å². The lowest BCUT2D eigenvalue weighted by molar-refractivity contribution is -0.125. The summed E-state index contributed by atoms with van der Waals surface area (Å²) < 4.78 is 5.44. The first kappa shape index (κ1) is 18.0. The van der Waals surface area contributed by atoms with Crippen molar-refractivity contribution in [3.05, 3.63) is 29.3 Å². The highest BCUT2D eigenvalue weighted by Crippen LogP contribution is 2.28. The minimum absolute atomic E-state index is 0.0746. The van der Waals surface area contributed by atoms with Crippen LogP contribution in [0.1, 0.15) is 60.9 Å². The summed E-state index contributed by atoms with van der Waals surface area (Å²) in [6.45, 7) is 0.761.